The van der Waals surface area contributed by atoms with Crippen LogP contribution in [-0.2, 0) is 0 Å². The van der Waals surface area contributed by atoms with E-state index in [1.165, 1.54) is 12.8 Å². The molecule has 4 unspecified atom stereocenters. The molecular weight excluding hydrogens is 228 g/mol. The van der Waals surface area contributed by atoms with Gasteiger partial charge in [0.1, 0.15) is 0 Å². The van der Waals surface area contributed by atoms with Gasteiger partial charge < -0.3 is 0 Å². The number of hydrogen-bond acceptors (Lipinski definition) is 0. The largest absolute Gasteiger partial charge is 0.0625 e. The molecule has 1 rings (SSSR count). The monoisotopic (exact) mass is 266 g/mol. The highest BCUT2D eigenvalue weighted by Gasteiger charge is 2.42. The van der Waals surface area contributed by atoms with Crippen LogP contribution in [0.4, 0.5) is 0 Å². The average molecular weight is 267 g/mol. The standard InChI is InChI=1S/C19H38/c1-12(2)18(13(3)4)16-10-15(6)17(11-14(16)5)19(7,8)9/h12-18H,10-11H2,1-9H3. The summed E-state index contributed by atoms with van der Waals surface area (Å²) in [7, 11) is 0. The molecule has 0 spiro atoms. The average Bonchev–Trinajstić information content (AvgIpc) is 2.20. The molecule has 0 N–H and O–H groups in total. The van der Waals surface area contributed by atoms with E-state index in [2.05, 4.69) is 62.3 Å². The lowest BCUT2D eigenvalue weighted by Gasteiger charge is -2.49. The van der Waals surface area contributed by atoms with Crippen molar-refractivity contribution in [3.05, 3.63) is 0 Å². The van der Waals surface area contributed by atoms with Gasteiger partial charge in [0.05, 0.1) is 0 Å². The van der Waals surface area contributed by atoms with Crippen LogP contribution in [0.3, 0.4) is 0 Å². The zero-order valence-electron chi connectivity index (χ0n) is 15.0. The van der Waals surface area contributed by atoms with Crippen molar-refractivity contribution < 1.29 is 0 Å². The Balaban J connectivity index is 2.86. The zero-order valence-corrected chi connectivity index (χ0v) is 15.0. The highest BCUT2D eigenvalue weighted by Crippen LogP contribution is 2.50. The Kier molecular flexibility index (Phi) is 5.55. The normalized spacial score (nSPS) is 33.5. The third-order valence-electron chi connectivity index (χ3n) is 5.83. The minimum Gasteiger partial charge on any atom is -0.0625 e. The van der Waals surface area contributed by atoms with Crippen LogP contribution >= 0.6 is 0 Å². The summed E-state index contributed by atoms with van der Waals surface area (Å²) in [5.74, 6) is 6.18. The lowest BCUT2D eigenvalue weighted by Crippen LogP contribution is -2.41. The molecule has 4 atom stereocenters. The highest BCUT2D eigenvalue weighted by molar-refractivity contribution is 4.91. The second-order valence-corrected chi connectivity index (χ2v) is 9.13. The second-order valence-electron chi connectivity index (χ2n) is 9.13. The van der Waals surface area contributed by atoms with E-state index in [1.807, 2.05) is 0 Å². The van der Waals surface area contributed by atoms with Crippen molar-refractivity contribution >= 4 is 0 Å². The molecule has 1 saturated carbocycles. The van der Waals surface area contributed by atoms with Crippen LogP contribution in [0.15, 0.2) is 0 Å². The molecule has 1 fully saturated rings. The predicted octanol–water partition coefficient (Wildman–Crippen LogP) is 6.26. The topological polar surface area (TPSA) is 0 Å². The van der Waals surface area contributed by atoms with Crippen molar-refractivity contribution in [3.8, 4) is 0 Å². The second kappa shape index (κ2) is 6.19. The number of rotatable bonds is 3. The first kappa shape index (κ1) is 17.1. The van der Waals surface area contributed by atoms with Crippen LogP contribution in [0.5, 0.6) is 0 Å². The minimum absolute atomic E-state index is 0.476. The molecule has 1 aliphatic rings. The lowest BCUT2D eigenvalue weighted by atomic mass is 9.57. The predicted molar refractivity (Wildman–Crippen MR) is 87.2 cm³/mol. The molecule has 114 valence electrons. The molecule has 0 bridgehead atoms. The Bertz CT molecular complexity index is 260. The van der Waals surface area contributed by atoms with Gasteiger partial charge in [-0.3, -0.25) is 0 Å². The van der Waals surface area contributed by atoms with Crippen LogP contribution in [0, 0.1) is 46.8 Å². The van der Waals surface area contributed by atoms with E-state index >= 15 is 0 Å². The summed E-state index contributed by atoms with van der Waals surface area (Å²) >= 11 is 0. The van der Waals surface area contributed by atoms with E-state index in [0.29, 0.717) is 5.41 Å². The Morgan fingerprint density at radius 2 is 1.26 bits per heavy atom. The SMILES string of the molecule is CC(C)C(C(C)C)C1CC(C)C(C(C)(C)C)CC1C. The van der Waals surface area contributed by atoms with Crippen LogP contribution in [0.1, 0.15) is 75.2 Å². The maximum Gasteiger partial charge on any atom is -0.0337 e. The van der Waals surface area contributed by atoms with Crippen molar-refractivity contribution in [2.75, 3.05) is 0 Å². The summed E-state index contributed by atoms with van der Waals surface area (Å²) in [6.07, 6.45) is 2.88. The summed E-state index contributed by atoms with van der Waals surface area (Å²) in [6.45, 7) is 22.0. The quantitative estimate of drug-likeness (QED) is 0.565. The van der Waals surface area contributed by atoms with Gasteiger partial charge in [-0.25, -0.2) is 0 Å². The van der Waals surface area contributed by atoms with Crippen molar-refractivity contribution in [2.24, 2.45) is 46.8 Å². The van der Waals surface area contributed by atoms with Crippen molar-refractivity contribution in [2.45, 2.75) is 75.2 Å². The van der Waals surface area contributed by atoms with Crippen molar-refractivity contribution in [1.82, 2.24) is 0 Å². The summed E-state index contributed by atoms with van der Waals surface area (Å²) < 4.78 is 0. The molecule has 0 heteroatoms. The smallest absolute Gasteiger partial charge is 0.0337 e. The Hall–Kier alpha value is 0. The Labute approximate surface area is 122 Å². The van der Waals surface area contributed by atoms with Gasteiger partial charge in [0.2, 0.25) is 0 Å². The van der Waals surface area contributed by atoms with Gasteiger partial charge in [0.15, 0.2) is 0 Å². The fourth-order valence-corrected chi connectivity index (χ4v) is 5.14. The van der Waals surface area contributed by atoms with Crippen LogP contribution in [0.2, 0.25) is 0 Å². The molecule has 0 aromatic carbocycles. The van der Waals surface area contributed by atoms with E-state index in [0.717, 1.165) is 41.4 Å². The van der Waals surface area contributed by atoms with Crippen LogP contribution in [0.25, 0.3) is 0 Å². The van der Waals surface area contributed by atoms with Gasteiger partial charge in [0.25, 0.3) is 0 Å². The molecule has 0 aliphatic heterocycles. The van der Waals surface area contributed by atoms with E-state index in [1.54, 1.807) is 0 Å². The van der Waals surface area contributed by atoms with Crippen molar-refractivity contribution in [3.63, 3.8) is 0 Å². The Morgan fingerprint density at radius 1 is 0.789 bits per heavy atom. The van der Waals surface area contributed by atoms with Gasteiger partial charge in [0, 0.05) is 0 Å². The molecule has 0 radical (unpaired) electrons. The van der Waals surface area contributed by atoms with Crippen LogP contribution < -0.4 is 0 Å². The highest BCUT2D eigenvalue weighted by atomic mass is 14.5. The third-order valence-corrected chi connectivity index (χ3v) is 5.83. The molecule has 0 amide bonds. The number of hydrogen-bond donors (Lipinski definition) is 0. The summed E-state index contributed by atoms with van der Waals surface area (Å²) in [5, 5.41) is 0. The zero-order chi connectivity index (χ0) is 15.0. The van der Waals surface area contributed by atoms with E-state index in [4.69, 9.17) is 0 Å². The Morgan fingerprint density at radius 3 is 1.63 bits per heavy atom. The van der Waals surface area contributed by atoms with E-state index in [-0.39, 0.29) is 0 Å². The van der Waals surface area contributed by atoms with Gasteiger partial charge in [-0.05, 0) is 59.7 Å². The molecule has 0 nitrogen and oxygen atoms in total. The fourth-order valence-electron chi connectivity index (χ4n) is 5.14. The van der Waals surface area contributed by atoms with Crippen LogP contribution in [-0.4, -0.2) is 0 Å². The maximum atomic E-state index is 2.52. The maximum absolute atomic E-state index is 2.52. The van der Waals surface area contributed by atoms with Gasteiger partial charge in [-0.15, -0.1) is 0 Å². The van der Waals surface area contributed by atoms with Gasteiger partial charge >= 0.3 is 0 Å². The summed E-state index contributed by atoms with van der Waals surface area (Å²) in [5.41, 5.74) is 0.476. The molecule has 19 heavy (non-hydrogen) atoms. The molecule has 0 saturated heterocycles. The molecule has 1 aliphatic carbocycles. The van der Waals surface area contributed by atoms with Gasteiger partial charge in [-0.2, -0.15) is 0 Å². The van der Waals surface area contributed by atoms with E-state index in [9.17, 15) is 0 Å². The van der Waals surface area contributed by atoms with Crippen molar-refractivity contribution in [1.29, 1.82) is 0 Å². The molecule has 0 heterocycles. The molecular formula is C19H38. The minimum atomic E-state index is 0.476. The van der Waals surface area contributed by atoms with Gasteiger partial charge in [-0.1, -0.05) is 62.3 Å². The summed E-state index contributed by atoms with van der Waals surface area (Å²) in [4.78, 5) is 0. The first-order chi connectivity index (χ1) is 8.55. The summed E-state index contributed by atoms with van der Waals surface area (Å²) in [6, 6.07) is 0. The molecule has 0 aromatic rings. The first-order valence-corrected chi connectivity index (χ1v) is 8.55. The third kappa shape index (κ3) is 3.99. The first-order valence-electron chi connectivity index (χ1n) is 8.55. The molecule has 0 aromatic heterocycles. The van der Waals surface area contributed by atoms with E-state index < -0.39 is 0 Å². The lowest BCUT2D eigenvalue weighted by molar-refractivity contribution is 0.00601. The fraction of sp³-hybridized carbons (Fsp3) is 1.00.